The van der Waals surface area contributed by atoms with Gasteiger partial charge in [0, 0.05) is 19.7 Å². The van der Waals surface area contributed by atoms with Gasteiger partial charge in [-0.3, -0.25) is 4.90 Å². The van der Waals surface area contributed by atoms with E-state index in [1.165, 1.54) is 12.8 Å². The van der Waals surface area contributed by atoms with Gasteiger partial charge < -0.3 is 10.5 Å². The SMILES string of the molecule is CCN(CC(C)(C)CN)C1CC(OC)C1. The molecule has 0 atom stereocenters. The molecule has 0 aromatic rings. The third-order valence-electron chi connectivity index (χ3n) is 3.51. The van der Waals surface area contributed by atoms with Gasteiger partial charge in [0.25, 0.3) is 0 Å². The first-order chi connectivity index (χ1) is 7.02. The third kappa shape index (κ3) is 3.44. The maximum Gasteiger partial charge on any atom is 0.0601 e. The highest BCUT2D eigenvalue weighted by Gasteiger charge is 2.34. The zero-order valence-electron chi connectivity index (χ0n) is 10.6. The normalized spacial score (nSPS) is 26.8. The summed E-state index contributed by atoms with van der Waals surface area (Å²) in [6, 6.07) is 0.714. The molecule has 0 radical (unpaired) electrons. The highest BCUT2D eigenvalue weighted by Crippen LogP contribution is 2.29. The molecule has 0 unspecified atom stereocenters. The predicted molar refractivity (Wildman–Crippen MR) is 63.9 cm³/mol. The topological polar surface area (TPSA) is 38.5 Å². The Morgan fingerprint density at radius 2 is 2.00 bits per heavy atom. The zero-order valence-corrected chi connectivity index (χ0v) is 10.6. The Morgan fingerprint density at radius 1 is 1.40 bits per heavy atom. The maximum absolute atomic E-state index is 5.77. The van der Waals surface area contributed by atoms with Crippen LogP contribution in [0.3, 0.4) is 0 Å². The molecule has 0 bridgehead atoms. The zero-order chi connectivity index (χ0) is 11.5. The van der Waals surface area contributed by atoms with Gasteiger partial charge in [0.15, 0.2) is 0 Å². The lowest BCUT2D eigenvalue weighted by molar-refractivity contribution is -0.0344. The number of hydrogen-bond acceptors (Lipinski definition) is 3. The summed E-state index contributed by atoms with van der Waals surface area (Å²) < 4.78 is 5.32. The summed E-state index contributed by atoms with van der Waals surface area (Å²) in [5, 5.41) is 0. The van der Waals surface area contributed by atoms with Crippen LogP contribution in [0.1, 0.15) is 33.6 Å². The molecule has 15 heavy (non-hydrogen) atoms. The van der Waals surface area contributed by atoms with Crippen molar-refractivity contribution in [1.29, 1.82) is 0 Å². The van der Waals surface area contributed by atoms with Crippen LogP contribution < -0.4 is 5.73 Å². The van der Waals surface area contributed by atoms with E-state index in [1.54, 1.807) is 7.11 Å². The van der Waals surface area contributed by atoms with Gasteiger partial charge in [-0.2, -0.15) is 0 Å². The van der Waals surface area contributed by atoms with Crippen molar-refractivity contribution in [3.63, 3.8) is 0 Å². The molecular formula is C12H26N2O. The number of hydrogen-bond donors (Lipinski definition) is 1. The van der Waals surface area contributed by atoms with E-state index >= 15 is 0 Å². The van der Waals surface area contributed by atoms with E-state index in [0.717, 1.165) is 19.6 Å². The lowest BCUT2D eigenvalue weighted by Crippen LogP contribution is -2.51. The number of methoxy groups -OCH3 is 1. The van der Waals surface area contributed by atoms with Crippen molar-refractivity contribution in [1.82, 2.24) is 4.90 Å². The Hall–Kier alpha value is -0.120. The van der Waals surface area contributed by atoms with Crippen molar-refractivity contribution in [2.45, 2.75) is 45.8 Å². The fourth-order valence-electron chi connectivity index (χ4n) is 2.14. The lowest BCUT2D eigenvalue weighted by Gasteiger charge is -2.44. The van der Waals surface area contributed by atoms with Crippen LogP contribution in [0.15, 0.2) is 0 Å². The van der Waals surface area contributed by atoms with Gasteiger partial charge in [0.1, 0.15) is 0 Å². The molecule has 90 valence electrons. The first-order valence-corrected chi connectivity index (χ1v) is 5.99. The molecule has 1 fully saturated rings. The van der Waals surface area contributed by atoms with Crippen LogP contribution in [0.5, 0.6) is 0 Å². The van der Waals surface area contributed by atoms with Gasteiger partial charge in [0.2, 0.25) is 0 Å². The maximum atomic E-state index is 5.77. The van der Waals surface area contributed by atoms with Crippen molar-refractivity contribution >= 4 is 0 Å². The Balaban J connectivity index is 2.37. The monoisotopic (exact) mass is 214 g/mol. The Bertz CT molecular complexity index is 188. The van der Waals surface area contributed by atoms with Gasteiger partial charge in [-0.15, -0.1) is 0 Å². The van der Waals surface area contributed by atoms with Crippen LogP contribution >= 0.6 is 0 Å². The minimum Gasteiger partial charge on any atom is -0.381 e. The molecule has 0 aliphatic heterocycles. The molecule has 3 nitrogen and oxygen atoms in total. The Kier molecular flexibility index (Phi) is 4.56. The van der Waals surface area contributed by atoms with Gasteiger partial charge >= 0.3 is 0 Å². The average Bonchev–Trinajstić information content (AvgIpc) is 2.14. The summed E-state index contributed by atoms with van der Waals surface area (Å²) in [5.41, 5.74) is 6.00. The molecule has 1 aliphatic carbocycles. The summed E-state index contributed by atoms with van der Waals surface area (Å²) in [7, 11) is 1.81. The van der Waals surface area contributed by atoms with Crippen molar-refractivity contribution in [2.24, 2.45) is 11.1 Å². The van der Waals surface area contributed by atoms with Crippen LogP contribution in [0.25, 0.3) is 0 Å². The van der Waals surface area contributed by atoms with Gasteiger partial charge in [-0.25, -0.2) is 0 Å². The number of rotatable bonds is 6. The second-order valence-corrected chi connectivity index (χ2v) is 5.41. The first kappa shape index (κ1) is 12.9. The van der Waals surface area contributed by atoms with Crippen LogP contribution in [0.4, 0.5) is 0 Å². The Morgan fingerprint density at radius 3 is 2.40 bits per heavy atom. The Labute approximate surface area is 94.0 Å². The molecule has 0 aromatic carbocycles. The van der Waals surface area contributed by atoms with E-state index in [4.69, 9.17) is 10.5 Å². The van der Waals surface area contributed by atoms with E-state index < -0.39 is 0 Å². The molecule has 1 aliphatic rings. The van der Waals surface area contributed by atoms with E-state index in [0.29, 0.717) is 12.1 Å². The van der Waals surface area contributed by atoms with E-state index in [-0.39, 0.29) is 5.41 Å². The van der Waals surface area contributed by atoms with E-state index in [9.17, 15) is 0 Å². The summed E-state index contributed by atoms with van der Waals surface area (Å²) in [6.45, 7) is 9.67. The van der Waals surface area contributed by atoms with Crippen molar-refractivity contribution < 1.29 is 4.74 Å². The van der Waals surface area contributed by atoms with Crippen LogP contribution in [-0.2, 0) is 4.74 Å². The average molecular weight is 214 g/mol. The number of nitrogens with zero attached hydrogens (tertiary/aromatic N) is 1. The molecule has 0 saturated heterocycles. The number of ether oxygens (including phenoxy) is 1. The highest BCUT2D eigenvalue weighted by molar-refractivity contribution is 4.89. The van der Waals surface area contributed by atoms with E-state index in [1.807, 2.05) is 0 Å². The summed E-state index contributed by atoms with van der Waals surface area (Å²) in [4.78, 5) is 2.54. The molecule has 1 rings (SSSR count). The van der Waals surface area contributed by atoms with Crippen molar-refractivity contribution in [2.75, 3.05) is 26.7 Å². The van der Waals surface area contributed by atoms with Crippen LogP contribution in [-0.4, -0.2) is 43.8 Å². The number of nitrogens with two attached hydrogens (primary N) is 1. The third-order valence-corrected chi connectivity index (χ3v) is 3.51. The molecule has 0 spiro atoms. The quantitative estimate of drug-likeness (QED) is 0.727. The second kappa shape index (κ2) is 5.28. The van der Waals surface area contributed by atoms with E-state index in [2.05, 4.69) is 25.7 Å². The minimum atomic E-state index is 0.230. The largest absolute Gasteiger partial charge is 0.381 e. The molecule has 2 N–H and O–H groups in total. The van der Waals surface area contributed by atoms with Gasteiger partial charge in [-0.05, 0) is 31.3 Å². The summed E-state index contributed by atoms with van der Waals surface area (Å²) >= 11 is 0. The van der Waals surface area contributed by atoms with Crippen molar-refractivity contribution in [3.8, 4) is 0 Å². The fraction of sp³-hybridized carbons (Fsp3) is 1.00. The molecule has 1 saturated carbocycles. The first-order valence-electron chi connectivity index (χ1n) is 5.99. The molecular weight excluding hydrogens is 188 g/mol. The highest BCUT2D eigenvalue weighted by atomic mass is 16.5. The standard InChI is InChI=1S/C12H26N2O/c1-5-14(9-12(2,3)8-13)10-6-11(7-10)15-4/h10-11H,5-9,13H2,1-4H3. The smallest absolute Gasteiger partial charge is 0.0601 e. The second-order valence-electron chi connectivity index (χ2n) is 5.41. The summed E-state index contributed by atoms with van der Waals surface area (Å²) in [6.07, 6.45) is 2.86. The minimum absolute atomic E-state index is 0.230. The lowest BCUT2D eigenvalue weighted by atomic mass is 9.85. The molecule has 0 aromatic heterocycles. The molecule has 0 heterocycles. The van der Waals surface area contributed by atoms with Crippen molar-refractivity contribution in [3.05, 3.63) is 0 Å². The van der Waals surface area contributed by atoms with Gasteiger partial charge in [-0.1, -0.05) is 20.8 Å². The van der Waals surface area contributed by atoms with Gasteiger partial charge in [0.05, 0.1) is 6.10 Å². The fourth-order valence-corrected chi connectivity index (χ4v) is 2.14. The summed E-state index contributed by atoms with van der Waals surface area (Å²) in [5.74, 6) is 0. The predicted octanol–water partition coefficient (Wildman–Crippen LogP) is 1.47. The van der Waals surface area contributed by atoms with Crippen LogP contribution in [0, 0.1) is 5.41 Å². The van der Waals surface area contributed by atoms with Crippen LogP contribution in [0.2, 0.25) is 0 Å². The molecule has 0 amide bonds. The molecule has 3 heteroatoms.